The van der Waals surface area contributed by atoms with Gasteiger partial charge in [0, 0.05) is 5.92 Å². The summed E-state index contributed by atoms with van der Waals surface area (Å²) in [6.45, 7) is 0. The van der Waals surface area contributed by atoms with E-state index in [1.165, 1.54) is 11.1 Å². The van der Waals surface area contributed by atoms with Gasteiger partial charge in [-0.2, -0.15) is 0 Å². The van der Waals surface area contributed by atoms with Gasteiger partial charge in [0.2, 0.25) is 0 Å². The zero-order valence-electron chi connectivity index (χ0n) is 7.55. The average Bonchev–Trinajstić information content (AvgIpc) is 2.92. The summed E-state index contributed by atoms with van der Waals surface area (Å²) in [5, 5.41) is 8.98. The molecule has 1 N–H and O–H groups in total. The van der Waals surface area contributed by atoms with Crippen LogP contribution in [0.2, 0.25) is 0 Å². The monoisotopic (exact) mass is 186 g/mol. The van der Waals surface area contributed by atoms with Crippen molar-refractivity contribution < 1.29 is 9.90 Å². The lowest BCUT2D eigenvalue weighted by Crippen LogP contribution is -1.99. The highest BCUT2D eigenvalue weighted by atomic mass is 16.4. The molecule has 1 fully saturated rings. The van der Waals surface area contributed by atoms with E-state index < -0.39 is 5.97 Å². The fourth-order valence-corrected chi connectivity index (χ4v) is 2.47. The summed E-state index contributed by atoms with van der Waals surface area (Å²) >= 11 is 0. The summed E-state index contributed by atoms with van der Waals surface area (Å²) in [6, 6.07) is 8.05. The Morgan fingerprint density at radius 1 is 1.29 bits per heavy atom. The summed E-state index contributed by atoms with van der Waals surface area (Å²) in [5.41, 5.74) is 2.38. The zero-order chi connectivity index (χ0) is 9.71. The quantitative estimate of drug-likeness (QED) is 0.729. The second kappa shape index (κ2) is 2.47. The van der Waals surface area contributed by atoms with Crippen LogP contribution < -0.4 is 0 Å². The Morgan fingerprint density at radius 3 is 2.86 bits per heavy atom. The van der Waals surface area contributed by atoms with Gasteiger partial charge in [-0.05, 0) is 17.0 Å². The summed E-state index contributed by atoms with van der Waals surface area (Å²) < 4.78 is 0. The molecule has 1 aromatic carbocycles. The van der Waals surface area contributed by atoms with Gasteiger partial charge >= 0.3 is 5.97 Å². The number of carboxylic acids is 1. The lowest BCUT2D eigenvalue weighted by Gasteiger charge is -2.07. The first-order valence-corrected chi connectivity index (χ1v) is 4.79. The van der Waals surface area contributed by atoms with E-state index in [4.69, 9.17) is 5.11 Å². The van der Waals surface area contributed by atoms with Gasteiger partial charge in [0.1, 0.15) is 0 Å². The summed E-state index contributed by atoms with van der Waals surface area (Å²) in [7, 11) is 0. The third-order valence-corrected chi connectivity index (χ3v) is 3.21. The minimum Gasteiger partial charge on any atom is -0.481 e. The van der Waals surface area contributed by atoms with Crippen LogP contribution in [-0.4, -0.2) is 11.1 Å². The van der Waals surface area contributed by atoms with E-state index >= 15 is 0 Å². The Labute approximate surface area is 81.9 Å². The maximum atomic E-state index is 10.9. The smallest absolute Gasteiger partial charge is 0.307 e. The van der Waals surface area contributed by atoms with Crippen LogP contribution in [0.3, 0.4) is 0 Å². The molecule has 2 aliphatic carbocycles. The van der Waals surface area contributed by atoms with Crippen LogP contribution in [0.5, 0.6) is 0 Å². The molecule has 14 heavy (non-hydrogen) atoms. The van der Waals surface area contributed by atoms with Crippen molar-refractivity contribution in [3.05, 3.63) is 41.5 Å². The Morgan fingerprint density at radius 2 is 2.07 bits per heavy atom. The molecule has 2 aliphatic rings. The number of allylic oxidation sites excluding steroid dienone is 1. The molecule has 0 unspecified atom stereocenters. The lowest BCUT2D eigenvalue weighted by atomic mass is 9.97. The summed E-state index contributed by atoms with van der Waals surface area (Å²) in [6.07, 6.45) is 4.07. The van der Waals surface area contributed by atoms with E-state index in [1.807, 2.05) is 36.4 Å². The molecular formula is C12H10O2. The van der Waals surface area contributed by atoms with Gasteiger partial charge in [0.25, 0.3) is 0 Å². The second-order valence-electron chi connectivity index (χ2n) is 3.96. The average molecular weight is 186 g/mol. The molecule has 3 rings (SSSR count). The Balaban J connectivity index is 2.06. The van der Waals surface area contributed by atoms with Crippen molar-refractivity contribution >= 4 is 12.0 Å². The number of hydrogen-bond donors (Lipinski definition) is 1. The number of carbonyl (C=O) groups is 1. The van der Waals surface area contributed by atoms with Crippen LogP contribution in [0.1, 0.15) is 17.0 Å². The molecule has 0 radical (unpaired) electrons. The van der Waals surface area contributed by atoms with E-state index in [1.54, 1.807) is 0 Å². The summed E-state index contributed by atoms with van der Waals surface area (Å²) in [5.74, 6) is -0.382. The molecule has 2 nitrogen and oxygen atoms in total. The van der Waals surface area contributed by atoms with Crippen LogP contribution in [-0.2, 0) is 4.79 Å². The minimum atomic E-state index is -0.665. The minimum absolute atomic E-state index is 0.185. The molecule has 3 atom stereocenters. The molecule has 0 aliphatic heterocycles. The third kappa shape index (κ3) is 0.882. The fraction of sp³-hybridized carbons (Fsp3) is 0.250. The molecule has 0 spiro atoms. The number of hydrogen-bond acceptors (Lipinski definition) is 1. The van der Waals surface area contributed by atoms with Gasteiger partial charge < -0.3 is 5.11 Å². The van der Waals surface area contributed by atoms with Gasteiger partial charge in [0.15, 0.2) is 0 Å². The SMILES string of the molecule is O=C(O)[C@@H]1[C@@H]2C=Cc3ccccc3[C@@H]21. The first-order valence-electron chi connectivity index (χ1n) is 4.79. The summed E-state index contributed by atoms with van der Waals surface area (Å²) in [4.78, 5) is 10.9. The van der Waals surface area contributed by atoms with Gasteiger partial charge in [-0.15, -0.1) is 0 Å². The van der Waals surface area contributed by atoms with Crippen molar-refractivity contribution in [2.75, 3.05) is 0 Å². The third-order valence-electron chi connectivity index (χ3n) is 3.21. The van der Waals surface area contributed by atoms with E-state index in [9.17, 15) is 4.79 Å². The van der Waals surface area contributed by atoms with Crippen LogP contribution >= 0.6 is 0 Å². The van der Waals surface area contributed by atoms with Crippen molar-refractivity contribution in [1.29, 1.82) is 0 Å². The standard InChI is InChI=1S/C12H10O2/c13-12(14)11-9-6-5-7-3-1-2-4-8(7)10(9)11/h1-6,9-11H,(H,13,14)/t9-,10+,11-/m1/s1. The molecule has 0 heterocycles. The fourth-order valence-electron chi connectivity index (χ4n) is 2.47. The second-order valence-corrected chi connectivity index (χ2v) is 3.96. The predicted octanol–water partition coefficient (Wildman–Crippen LogP) is 2.13. The normalized spacial score (nSPS) is 31.9. The molecule has 1 aromatic rings. The highest BCUT2D eigenvalue weighted by molar-refractivity contribution is 5.80. The van der Waals surface area contributed by atoms with Crippen LogP contribution in [0.4, 0.5) is 0 Å². The number of carboxylic acid groups (broad SMARTS) is 1. The first-order chi connectivity index (χ1) is 6.79. The van der Waals surface area contributed by atoms with Gasteiger partial charge in [-0.3, -0.25) is 4.79 Å². The largest absolute Gasteiger partial charge is 0.481 e. The van der Waals surface area contributed by atoms with Gasteiger partial charge in [0.05, 0.1) is 5.92 Å². The highest BCUT2D eigenvalue weighted by Gasteiger charge is 2.55. The lowest BCUT2D eigenvalue weighted by molar-refractivity contribution is -0.138. The Bertz CT molecular complexity index is 434. The predicted molar refractivity (Wildman–Crippen MR) is 52.8 cm³/mol. The van der Waals surface area contributed by atoms with E-state index in [2.05, 4.69) is 0 Å². The maximum absolute atomic E-state index is 10.9. The van der Waals surface area contributed by atoms with Gasteiger partial charge in [-0.25, -0.2) is 0 Å². The van der Waals surface area contributed by atoms with Crippen LogP contribution in [0.15, 0.2) is 30.3 Å². The van der Waals surface area contributed by atoms with Crippen molar-refractivity contribution in [2.24, 2.45) is 11.8 Å². The molecule has 0 aromatic heterocycles. The van der Waals surface area contributed by atoms with Gasteiger partial charge in [-0.1, -0.05) is 36.4 Å². The molecule has 1 saturated carbocycles. The number of rotatable bonds is 1. The van der Waals surface area contributed by atoms with E-state index in [-0.39, 0.29) is 17.8 Å². The highest BCUT2D eigenvalue weighted by Crippen LogP contribution is 2.58. The maximum Gasteiger partial charge on any atom is 0.307 e. The van der Waals surface area contributed by atoms with E-state index in [0.717, 1.165) is 0 Å². The number of benzene rings is 1. The first kappa shape index (κ1) is 7.80. The number of fused-ring (bicyclic) bond motifs is 3. The van der Waals surface area contributed by atoms with Crippen LogP contribution in [0, 0.1) is 11.8 Å². The Kier molecular flexibility index (Phi) is 1.38. The van der Waals surface area contributed by atoms with Crippen LogP contribution in [0.25, 0.3) is 6.08 Å². The van der Waals surface area contributed by atoms with Crippen molar-refractivity contribution in [1.82, 2.24) is 0 Å². The molecule has 0 saturated heterocycles. The van der Waals surface area contributed by atoms with E-state index in [0.29, 0.717) is 0 Å². The molecule has 2 heteroatoms. The molecular weight excluding hydrogens is 176 g/mol. The molecule has 0 amide bonds. The van der Waals surface area contributed by atoms with Crippen molar-refractivity contribution in [2.45, 2.75) is 5.92 Å². The van der Waals surface area contributed by atoms with Crippen molar-refractivity contribution in [3.63, 3.8) is 0 Å². The zero-order valence-corrected chi connectivity index (χ0v) is 7.55. The number of aliphatic carboxylic acids is 1. The molecule has 70 valence electrons. The van der Waals surface area contributed by atoms with Crippen molar-refractivity contribution in [3.8, 4) is 0 Å². The molecule has 0 bridgehead atoms. The topological polar surface area (TPSA) is 37.3 Å². The Hall–Kier alpha value is -1.57.